The number of carbonyl (C=O) groups excluding carboxylic acids is 1. The number of amides is 1. The van der Waals surface area contributed by atoms with Crippen LogP contribution in [0.2, 0.25) is 0 Å². The topological polar surface area (TPSA) is 60.3 Å². The molecule has 0 saturated carbocycles. The lowest BCUT2D eigenvalue weighted by Crippen LogP contribution is -2.27. The lowest BCUT2D eigenvalue weighted by atomic mass is 10.1. The molecule has 2 aromatic rings. The molecule has 0 saturated heterocycles. The van der Waals surface area contributed by atoms with E-state index in [1.807, 2.05) is 0 Å². The second-order valence-corrected chi connectivity index (χ2v) is 6.20. The van der Waals surface area contributed by atoms with Crippen LogP contribution in [-0.4, -0.2) is 17.6 Å². The molecule has 0 unspecified atom stereocenters. The van der Waals surface area contributed by atoms with E-state index in [2.05, 4.69) is 5.32 Å². The second kappa shape index (κ2) is 7.09. The summed E-state index contributed by atoms with van der Waals surface area (Å²) in [6, 6.07) is 5.89. The van der Waals surface area contributed by atoms with Gasteiger partial charge in [-0.2, -0.15) is 0 Å². The third-order valence-corrected chi connectivity index (χ3v) is 4.64. The van der Waals surface area contributed by atoms with Crippen molar-refractivity contribution in [3.63, 3.8) is 0 Å². The van der Waals surface area contributed by atoms with Crippen LogP contribution >= 0.6 is 0 Å². The van der Waals surface area contributed by atoms with Crippen LogP contribution in [0.5, 0.6) is 5.75 Å². The van der Waals surface area contributed by atoms with Gasteiger partial charge in [-0.05, 0) is 38.3 Å². The molecule has 0 aliphatic carbocycles. The molecular weight excluding hydrogens is 323 g/mol. The number of ether oxygens (including phenoxy) is 1. The zero-order valence-electron chi connectivity index (χ0n) is 14.4. The summed E-state index contributed by atoms with van der Waals surface area (Å²) >= 11 is 0. The normalized spacial score (nSPS) is 13.7. The van der Waals surface area contributed by atoms with Gasteiger partial charge in [0.25, 0.3) is 11.5 Å². The summed E-state index contributed by atoms with van der Waals surface area (Å²) in [6.07, 6.45) is 3.46. The maximum atomic E-state index is 13.7. The molecule has 0 spiro atoms. The molecule has 132 valence electrons. The van der Waals surface area contributed by atoms with Gasteiger partial charge >= 0.3 is 0 Å². The quantitative estimate of drug-likeness (QED) is 0.929. The number of benzene rings is 1. The molecule has 3 rings (SSSR count). The maximum absolute atomic E-state index is 13.7. The van der Waals surface area contributed by atoms with E-state index in [-0.39, 0.29) is 17.1 Å². The Morgan fingerprint density at radius 3 is 2.84 bits per heavy atom. The van der Waals surface area contributed by atoms with Gasteiger partial charge in [-0.3, -0.25) is 9.59 Å². The van der Waals surface area contributed by atoms with Crippen LogP contribution < -0.4 is 15.6 Å². The average Bonchev–Trinajstić information content (AvgIpc) is 2.85. The summed E-state index contributed by atoms with van der Waals surface area (Å²) in [7, 11) is 1.44. The van der Waals surface area contributed by atoms with Crippen LogP contribution in [0.4, 0.5) is 10.1 Å². The molecule has 1 aromatic heterocycles. The van der Waals surface area contributed by atoms with E-state index in [9.17, 15) is 14.0 Å². The van der Waals surface area contributed by atoms with Crippen LogP contribution in [0.25, 0.3) is 0 Å². The molecule has 1 N–H and O–H groups in total. The Kier molecular flexibility index (Phi) is 4.88. The van der Waals surface area contributed by atoms with Crippen molar-refractivity contribution in [2.75, 3.05) is 12.4 Å². The van der Waals surface area contributed by atoms with Gasteiger partial charge in [0.15, 0.2) is 0 Å². The predicted octanol–water partition coefficient (Wildman–Crippen LogP) is 3.28. The summed E-state index contributed by atoms with van der Waals surface area (Å²) in [4.78, 5) is 25.3. The third-order valence-electron chi connectivity index (χ3n) is 4.64. The summed E-state index contributed by atoms with van der Waals surface area (Å²) in [5.41, 5.74) is 1.66. The largest absolute Gasteiger partial charge is 0.496 e. The number of nitrogens with one attached hydrogen (secondary N) is 1. The number of anilines is 1. The second-order valence-electron chi connectivity index (χ2n) is 6.20. The van der Waals surface area contributed by atoms with Crippen molar-refractivity contribution in [1.29, 1.82) is 0 Å². The molecular formula is C19H21FN2O3. The van der Waals surface area contributed by atoms with Gasteiger partial charge in [0.2, 0.25) is 0 Å². The number of rotatable bonds is 3. The van der Waals surface area contributed by atoms with E-state index in [0.717, 1.165) is 19.3 Å². The lowest BCUT2D eigenvalue weighted by molar-refractivity contribution is 0.102. The maximum Gasteiger partial charge on any atom is 0.261 e. The number of hydrogen-bond acceptors (Lipinski definition) is 3. The molecule has 0 bridgehead atoms. The van der Waals surface area contributed by atoms with Crippen LogP contribution in [0.15, 0.2) is 29.1 Å². The minimum atomic E-state index is -0.392. The van der Waals surface area contributed by atoms with Crippen molar-refractivity contribution < 1.29 is 13.9 Å². The van der Waals surface area contributed by atoms with Gasteiger partial charge in [0, 0.05) is 29.6 Å². The summed E-state index contributed by atoms with van der Waals surface area (Å²) in [5, 5.41) is 2.76. The molecule has 0 fully saturated rings. The number of halogens is 1. The number of aromatic nitrogens is 1. The van der Waals surface area contributed by atoms with Crippen LogP contribution in [-0.2, 0) is 13.0 Å². The molecule has 1 aliphatic heterocycles. The Morgan fingerprint density at radius 1 is 1.28 bits per heavy atom. The molecule has 0 radical (unpaired) electrons. The van der Waals surface area contributed by atoms with E-state index in [1.165, 1.54) is 19.2 Å². The van der Waals surface area contributed by atoms with Crippen molar-refractivity contribution in [2.24, 2.45) is 0 Å². The molecule has 1 aliphatic rings. The van der Waals surface area contributed by atoms with Gasteiger partial charge in [0.1, 0.15) is 17.1 Å². The summed E-state index contributed by atoms with van der Waals surface area (Å²) in [5.74, 6) is -0.520. The Bertz CT molecular complexity index is 874. The van der Waals surface area contributed by atoms with Crippen LogP contribution in [0.1, 0.15) is 40.9 Å². The highest BCUT2D eigenvalue weighted by Crippen LogP contribution is 2.26. The molecule has 5 nitrogen and oxygen atoms in total. The van der Waals surface area contributed by atoms with Crippen molar-refractivity contribution in [1.82, 2.24) is 4.57 Å². The highest BCUT2D eigenvalue weighted by Gasteiger charge is 2.24. The molecule has 0 atom stereocenters. The number of pyridine rings is 1. The van der Waals surface area contributed by atoms with E-state index in [0.29, 0.717) is 35.5 Å². The molecule has 25 heavy (non-hydrogen) atoms. The van der Waals surface area contributed by atoms with E-state index in [1.54, 1.807) is 23.6 Å². The first-order valence-corrected chi connectivity index (χ1v) is 8.40. The van der Waals surface area contributed by atoms with Crippen molar-refractivity contribution in [3.05, 3.63) is 57.3 Å². The fraction of sp³-hybridized carbons (Fsp3) is 0.368. The van der Waals surface area contributed by atoms with E-state index < -0.39 is 5.91 Å². The predicted molar refractivity (Wildman–Crippen MR) is 93.9 cm³/mol. The number of fused-ring (bicyclic) bond motifs is 1. The first-order valence-electron chi connectivity index (χ1n) is 8.40. The number of methoxy groups -OCH3 is 1. The molecule has 1 aromatic carbocycles. The van der Waals surface area contributed by atoms with Gasteiger partial charge in [-0.15, -0.1) is 0 Å². The zero-order chi connectivity index (χ0) is 18.0. The fourth-order valence-electron chi connectivity index (χ4n) is 3.25. The SMILES string of the molecule is COc1cc(=O)n2c(c1C(=O)Nc1cccc(F)c1C)CCCCC2. The van der Waals surface area contributed by atoms with E-state index >= 15 is 0 Å². The van der Waals surface area contributed by atoms with Gasteiger partial charge < -0.3 is 14.6 Å². The lowest BCUT2D eigenvalue weighted by Gasteiger charge is -2.18. The van der Waals surface area contributed by atoms with Crippen molar-refractivity contribution >= 4 is 11.6 Å². The van der Waals surface area contributed by atoms with Crippen molar-refractivity contribution in [3.8, 4) is 5.75 Å². The van der Waals surface area contributed by atoms with Crippen LogP contribution in [0, 0.1) is 12.7 Å². The minimum absolute atomic E-state index is 0.160. The number of hydrogen-bond donors (Lipinski definition) is 1. The van der Waals surface area contributed by atoms with E-state index in [4.69, 9.17) is 4.74 Å². The fourth-order valence-corrected chi connectivity index (χ4v) is 3.25. The first-order chi connectivity index (χ1) is 12.0. The van der Waals surface area contributed by atoms with Gasteiger partial charge in [-0.25, -0.2) is 4.39 Å². The zero-order valence-corrected chi connectivity index (χ0v) is 14.4. The standard InChI is InChI=1S/C19H21FN2O3/c1-12-13(20)7-6-8-14(12)21-19(24)18-15-9-4-3-5-10-22(15)17(23)11-16(18)25-2/h6-8,11H,3-5,9-10H2,1-2H3,(H,21,24). The van der Waals surface area contributed by atoms with Gasteiger partial charge in [0.05, 0.1) is 7.11 Å². The highest BCUT2D eigenvalue weighted by molar-refractivity contribution is 6.07. The average molecular weight is 344 g/mol. The first kappa shape index (κ1) is 17.2. The molecule has 2 heterocycles. The van der Waals surface area contributed by atoms with Crippen molar-refractivity contribution in [2.45, 2.75) is 39.2 Å². The Balaban J connectivity index is 2.07. The van der Waals surface area contributed by atoms with Gasteiger partial charge in [-0.1, -0.05) is 12.5 Å². The minimum Gasteiger partial charge on any atom is -0.496 e. The highest BCUT2D eigenvalue weighted by atomic mass is 19.1. The summed E-state index contributed by atoms with van der Waals surface area (Å²) in [6.45, 7) is 2.20. The van der Waals surface area contributed by atoms with Crippen LogP contribution in [0.3, 0.4) is 0 Å². The Hall–Kier alpha value is -2.63. The number of nitrogens with zero attached hydrogens (tertiary/aromatic N) is 1. The molecule has 6 heteroatoms. The third kappa shape index (κ3) is 3.29. The Labute approximate surface area is 145 Å². The smallest absolute Gasteiger partial charge is 0.261 e. The Morgan fingerprint density at radius 2 is 2.08 bits per heavy atom. The molecule has 1 amide bonds. The monoisotopic (exact) mass is 344 g/mol. The number of carbonyl (C=O) groups is 1. The summed E-state index contributed by atoms with van der Waals surface area (Å²) < 4.78 is 20.7.